The molecule has 0 aromatic carbocycles. The van der Waals surface area contributed by atoms with Gasteiger partial charge in [-0.1, -0.05) is 19.3 Å². The van der Waals surface area contributed by atoms with Gasteiger partial charge in [-0.25, -0.2) is 0 Å². The minimum absolute atomic E-state index is 0.00347. The van der Waals surface area contributed by atoms with Gasteiger partial charge in [0, 0.05) is 5.41 Å². The standard InChI is InChI=1S/C9H15FO2/c10-7-9(6-8(11)12)4-2-1-3-5-9/h1-7H2,(H,11,12). The van der Waals surface area contributed by atoms with Crippen molar-refractivity contribution in [3.63, 3.8) is 0 Å². The Kier molecular flexibility index (Phi) is 3.06. The number of aliphatic carboxylic acids is 1. The number of carboxylic acids is 1. The van der Waals surface area contributed by atoms with Crippen molar-refractivity contribution in [1.29, 1.82) is 0 Å². The Hall–Kier alpha value is -0.600. The molecule has 0 aliphatic heterocycles. The summed E-state index contributed by atoms with van der Waals surface area (Å²) in [5, 5.41) is 8.60. The summed E-state index contributed by atoms with van der Waals surface area (Å²) in [5.41, 5.74) is -0.524. The summed E-state index contributed by atoms with van der Waals surface area (Å²) in [4.78, 5) is 10.5. The maximum absolute atomic E-state index is 12.6. The van der Waals surface area contributed by atoms with Gasteiger partial charge >= 0.3 is 5.97 Å². The van der Waals surface area contributed by atoms with Gasteiger partial charge in [0.15, 0.2) is 0 Å². The molecule has 0 amide bonds. The Balaban J connectivity index is 2.53. The van der Waals surface area contributed by atoms with E-state index in [1.807, 2.05) is 0 Å². The second kappa shape index (κ2) is 3.87. The number of carboxylic acid groups (broad SMARTS) is 1. The Labute approximate surface area is 71.8 Å². The summed E-state index contributed by atoms with van der Waals surface area (Å²) in [5.74, 6) is -0.866. The van der Waals surface area contributed by atoms with Gasteiger partial charge in [0.25, 0.3) is 0 Å². The van der Waals surface area contributed by atoms with Gasteiger partial charge in [0.2, 0.25) is 0 Å². The van der Waals surface area contributed by atoms with Crippen LogP contribution in [0.4, 0.5) is 4.39 Å². The molecule has 0 atom stereocenters. The predicted octanol–water partition coefficient (Wildman–Crippen LogP) is 2.38. The quantitative estimate of drug-likeness (QED) is 0.713. The second-order valence-corrected chi connectivity index (χ2v) is 3.76. The molecule has 1 saturated carbocycles. The van der Waals surface area contributed by atoms with E-state index in [0.29, 0.717) is 0 Å². The lowest BCUT2D eigenvalue weighted by Gasteiger charge is -2.33. The zero-order valence-corrected chi connectivity index (χ0v) is 7.18. The Morgan fingerprint density at radius 3 is 2.33 bits per heavy atom. The predicted molar refractivity (Wildman–Crippen MR) is 43.7 cm³/mol. The monoisotopic (exact) mass is 174 g/mol. The molecule has 1 fully saturated rings. The smallest absolute Gasteiger partial charge is 0.304 e. The number of carbonyl (C=O) groups is 1. The van der Waals surface area contributed by atoms with E-state index in [0.717, 1.165) is 32.1 Å². The van der Waals surface area contributed by atoms with Crippen LogP contribution in [-0.4, -0.2) is 17.8 Å². The van der Waals surface area contributed by atoms with Crippen molar-refractivity contribution in [3.8, 4) is 0 Å². The molecule has 2 nitrogen and oxygen atoms in total. The molecule has 0 aromatic rings. The van der Waals surface area contributed by atoms with Crippen LogP contribution in [0.25, 0.3) is 0 Å². The summed E-state index contributed by atoms with van der Waals surface area (Å²) in [6, 6.07) is 0. The van der Waals surface area contributed by atoms with E-state index in [1.54, 1.807) is 0 Å². The molecule has 0 heterocycles. The fraction of sp³-hybridized carbons (Fsp3) is 0.889. The Bertz CT molecular complexity index is 162. The number of alkyl halides is 1. The zero-order chi connectivity index (χ0) is 9.03. The molecule has 1 N–H and O–H groups in total. The van der Waals surface area contributed by atoms with Crippen molar-refractivity contribution in [2.75, 3.05) is 6.67 Å². The molecule has 0 bridgehead atoms. The summed E-state index contributed by atoms with van der Waals surface area (Å²) in [6.45, 7) is -0.473. The number of rotatable bonds is 3. The average molecular weight is 174 g/mol. The van der Waals surface area contributed by atoms with Crippen LogP contribution < -0.4 is 0 Å². The van der Waals surface area contributed by atoms with Gasteiger partial charge in [-0.05, 0) is 12.8 Å². The summed E-state index contributed by atoms with van der Waals surface area (Å²) in [7, 11) is 0. The number of hydrogen-bond acceptors (Lipinski definition) is 1. The van der Waals surface area contributed by atoms with Gasteiger partial charge in [-0.3, -0.25) is 9.18 Å². The summed E-state index contributed by atoms with van der Waals surface area (Å²) >= 11 is 0. The molecule has 70 valence electrons. The van der Waals surface area contributed by atoms with Crippen LogP contribution in [0, 0.1) is 5.41 Å². The first-order valence-corrected chi connectivity index (χ1v) is 4.46. The lowest BCUT2D eigenvalue weighted by molar-refractivity contribution is -0.140. The molecule has 0 radical (unpaired) electrons. The first-order valence-electron chi connectivity index (χ1n) is 4.46. The van der Waals surface area contributed by atoms with Crippen LogP contribution >= 0.6 is 0 Å². The third-order valence-electron chi connectivity index (χ3n) is 2.72. The van der Waals surface area contributed by atoms with Crippen LogP contribution in [0.1, 0.15) is 38.5 Å². The molecule has 1 aliphatic carbocycles. The Morgan fingerprint density at radius 1 is 1.33 bits per heavy atom. The number of hydrogen-bond donors (Lipinski definition) is 1. The molecule has 0 saturated heterocycles. The lowest BCUT2D eigenvalue weighted by Crippen LogP contribution is -2.29. The van der Waals surface area contributed by atoms with Gasteiger partial charge in [0.05, 0.1) is 13.1 Å². The molecule has 0 spiro atoms. The van der Waals surface area contributed by atoms with E-state index in [9.17, 15) is 9.18 Å². The fourth-order valence-corrected chi connectivity index (χ4v) is 1.98. The van der Waals surface area contributed by atoms with E-state index in [2.05, 4.69) is 0 Å². The summed E-state index contributed by atoms with van der Waals surface area (Å²) in [6.07, 6.45) is 4.59. The molecule has 1 rings (SSSR count). The molecular formula is C9H15FO2. The van der Waals surface area contributed by atoms with E-state index >= 15 is 0 Å². The lowest BCUT2D eigenvalue weighted by atomic mass is 9.73. The highest BCUT2D eigenvalue weighted by molar-refractivity contribution is 5.67. The maximum atomic E-state index is 12.6. The van der Waals surface area contributed by atoms with E-state index in [1.165, 1.54) is 0 Å². The SMILES string of the molecule is O=C(O)CC1(CF)CCCCC1. The van der Waals surface area contributed by atoms with Crippen LogP contribution in [0.5, 0.6) is 0 Å². The minimum Gasteiger partial charge on any atom is -0.481 e. The van der Waals surface area contributed by atoms with Crippen molar-refractivity contribution < 1.29 is 14.3 Å². The first kappa shape index (κ1) is 9.49. The summed E-state index contributed by atoms with van der Waals surface area (Å²) < 4.78 is 12.6. The number of halogens is 1. The van der Waals surface area contributed by atoms with E-state index < -0.39 is 18.1 Å². The highest BCUT2D eigenvalue weighted by atomic mass is 19.1. The van der Waals surface area contributed by atoms with Crippen molar-refractivity contribution in [3.05, 3.63) is 0 Å². The molecular weight excluding hydrogens is 159 g/mol. The van der Waals surface area contributed by atoms with Gasteiger partial charge in [-0.15, -0.1) is 0 Å². The van der Waals surface area contributed by atoms with Gasteiger partial charge < -0.3 is 5.11 Å². The van der Waals surface area contributed by atoms with Crippen molar-refractivity contribution >= 4 is 5.97 Å². The maximum Gasteiger partial charge on any atom is 0.304 e. The third-order valence-corrected chi connectivity index (χ3v) is 2.72. The largest absolute Gasteiger partial charge is 0.481 e. The third kappa shape index (κ3) is 2.19. The fourth-order valence-electron chi connectivity index (χ4n) is 1.98. The zero-order valence-electron chi connectivity index (χ0n) is 7.18. The molecule has 12 heavy (non-hydrogen) atoms. The highest BCUT2D eigenvalue weighted by Crippen LogP contribution is 2.39. The first-order chi connectivity index (χ1) is 5.68. The van der Waals surface area contributed by atoms with Crippen LogP contribution in [-0.2, 0) is 4.79 Å². The minimum atomic E-state index is -0.866. The van der Waals surface area contributed by atoms with Crippen LogP contribution in [0.2, 0.25) is 0 Å². The normalized spacial score (nSPS) is 22.1. The molecule has 0 aromatic heterocycles. The van der Waals surface area contributed by atoms with E-state index in [4.69, 9.17) is 5.11 Å². The van der Waals surface area contributed by atoms with Crippen molar-refractivity contribution in [1.82, 2.24) is 0 Å². The van der Waals surface area contributed by atoms with E-state index in [-0.39, 0.29) is 6.42 Å². The Morgan fingerprint density at radius 2 is 1.92 bits per heavy atom. The molecule has 1 aliphatic rings. The van der Waals surface area contributed by atoms with Crippen molar-refractivity contribution in [2.45, 2.75) is 38.5 Å². The molecule has 3 heteroatoms. The second-order valence-electron chi connectivity index (χ2n) is 3.76. The topological polar surface area (TPSA) is 37.3 Å². The highest BCUT2D eigenvalue weighted by Gasteiger charge is 2.34. The van der Waals surface area contributed by atoms with Crippen molar-refractivity contribution in [2.24, 2.45) is 5.41 Å². The van der Waals surface area contributed by atoms with Crippen LogP contribution in [0.15, 0.2) is 0 Å². The molecule has 0 unspecified atom stereocenters. The van der Waals surface area contributed by atoms with Crippen LogP contribution in [0.3, 0.4) is 0 Å². The van der Waals surface area contributed by atoms with Gasteiger partial charge in [0.1, 0.15) is 0 Å². The van der Waals surface area contributed by atoms with Gasteiger partial charge in [-0.2, -0.15) is 0 Å². The average Bonchev–Trinajstić information content (AvgIpc) is 2.05.